The lowest BCUT2D eigenvalue weighted by molar-refractivity contribution is -0.146. The number of hydrogen-bond donors (Lipinski definition) is 0. The van der Waals surface area contributed by atoms with E-state index in [0.29, 0.717) is 0 Å². The Morgan fingerprint density at radius 3 is 2.52 bits per heavy atom. The smallest absolute Gasteiger partial charge is 0.330 e. The summed E-state index contributed by atoms with van der Waals surface area (Å²) in [5, 5.41) is 0.166. The van der Waals surface area contributed by atoms with Crippen LogP contribution in [0.5, 0.6) is 0 Å². The van der Waals surface area contributed by atoms with Crippen LogP contribution < -0.4 is 0 Å². The molecule has 0 aromatic heterocycles. The van der Waals surface area contributed by atoms with Crippen LogP contribution in [0.3, 0.4) is 0 Å². The molecule has 2 heterocycles. The van der Waals surface area contributed by atoms with Gasteiger partial charge in [-0.05, 0) is 51.7 Å². The number of esters is 1. The van der Waals surface area contributed by atoms with Gasteiger partial charge in [-0.15, -0.1) is 0 Å². The monoisotopic (exact) mass is 394 g/mol. The van der Waals surface area contributed by atoms with Crippen molar-refractivity contribution in [2.75, 3.05) is 0 Å². The molecule has 4 atom stereocenters. The Kier molecular flexibility index (Phi) is 7.15. The number of cyclic esters (lactones) is 1. The van der Waals surface area contributed by atoms with Gasteiger partial charge in [0.05, 0.1) is 18.3 Å². The second kappa shape index (κ2) is 8.62. The van der Waals surface area contributed by atoms with E-state index in [9.17, 15) is 4.79 Å². The van der Waals surface area contributed by atoms with Gasteiger partial charge in [-0.2, -0.15) is 0 Å². The normalized spacial score (nSPS) is 27.8. The standard InChI is InChI=1S/C22H38O4Si/c1-15(2)11-20(26-27(7,8)22(4,5)6)19-10-9-17(24-19)14-18-12-16(3)13-21(23)25-18/h11,13,17-20H,9-10,12,14H2,1-8H3/t17-,18+,19-,20-/m1/s1. The van der Waals surface area contributed by atoms with Crippen molar-refractivity contribution in [2.45, 2.75) is 110 Å². The Bertz CT molecular complexity index is 596. The van der Waals surface area contributed by atoms with Crippen molar-refractivity contribution in [3.05, 3.63) is 23.3 Å². The van der Waals surface area contributed by atoms with Crippen molar-refractivity contribution >= 4 is 14.3 Å². The predicted molar refractivity (Wildman–Crippen MR) is 112 cm³/mol. The van der Waals surface area contributed by atoms with E-state index in [2.05, 4.69) is 53.8 Å². The molecule has 2 aliphatic rings. The van der Waals surface area contributed by atoms with E-state index < -0.39 is 8.32 Å². The van der Waals surface area contributed by atoms with E-state index in [-0.39, 0.29) is 35.4 Å². The van der Waals surface area contributed by atoms with Crippen LogP contribution in [0.4, 0.5) is 0 Å². The maximum absolute atomic E-state index is 11.6. The quantitative estimate of drug-likeness (QED) is 0.337. The van der Waals surface area contributed by atoms with Crippen molar-refractivity contribution in [2.24, 2.45) is 0 Å². The van der Waals surface area contributed by atoms with E-state index in [1.807, 2.05) is 6.92 Å². The summed E-state index contributed by atoms with van der Waals surface area (Å²) in [6.45, 7) is 17.6. The average molecular weight is 395 g/mol. The van der Waals surface area contributed by atoms with Crippen molar-refractivity contribution < 1.29 is 18.7 Å². The molecule has 27 heavy (non-hydrogen) atoms. The summed E-state index contributed by atoms with van der Waals surface area (Å²) in [7, 11) is -1.89. The number of carbonyl (C=O) groups is 1. The third-order valence-electron chi connectivity index (χ3n) is 5.96. The molecule has 0 bridgehead atoms. The third-order valence-corrected chi connectivity index (χ3v) is 10.4. The number of hydrogen-bond acceptors (Lipinski definition) is 4. The summed E-state index contributed by atoms with van der Waals surface area (Å²) in [4.78, 5) is 11.6. The second-order valence-corrected chi connectivity index (χ2v) is 14.7. The van der Waals surface area contributed by atoms with Gasteiger partial charge in [0.15, 0.2) is 8.32 Å². The zero-order chi connectivity index (χ0) is 20.4. The number of ether oxygens (including phenoxy) is 2. The maximum atomic E-state index is 11.6. The first-order valence-electron chi connectivity index (χ1n) is 10.2. The molecule has 5 heteroatoms. The molecule has 1 saturated heterocycles. The zero-order valence-corrected chi connectivity index (χ0v) is 19.4. The summed E-state index contributed by atoms with van der Waals surface area (Å²) in [6, 6.07) is 0. The summed E-state index contributed by atoms with van der Waals surface area (Å²) in [5.74, 6) is -0.220. The van der Waals surface area contributed by atoms with E-state index in [1.54, 1.807) is 6.08 Å². The number of allylic oxidation sites excluding steroid dienone is 1. The second-order valence-electron chi connectivity index (χ2n) is 9.95. The highest BCUT2D eigenvalue weighted by Gasteiger charge is 2.42. The fourth-order valence-electron chi connectivity index (χ4n) is 3.50. The van der Waals surface area contributed by atoms with Gasteiger partial charge in [-0.25, -0.2) is 4.79 Å². The molecule has 0 N–H and O–H groups in total. The van der Waals surface area contributed by atoms with Gasteiger partial charge in [-0.1, -0.05) is 38.0 Å². The van der Waals surface area contributed by atoms with Crippen molar-refractivity contribution in [1.82, 2.24) is 0 Å². The lowest BCUT2D eigenvalue weighted by Gasteiger charge is -2.40. The molecule has 0 aromatic rings. The SMILES string of the molecule is CC(C)=C[C@@H](O[Si](C)(C)C(C)(C)C)[C@H]1CC[C@H](C[C@@H]2CC(C)=CC(=O)O2)O1. The first kappa shape index (κ1) is 22.4. The Hall–Kier alpha value is -0.913. The summed E-state index contributed by atoms with van der Waals surface area (Å²) in [6.07, 6.45) is 7.53. The van der Waals surface area contributed by atoms with Crippen LogP contribution in [0.2, 0.25) is 18.1 Å². The van der Waals surface area contributed by atoms with Crippen LogP contribution in [-0.4, -0.2) is 38.7 Å². The molecule has 154 valence electrons. The van der Waals surface area contributed by atoms with Gasteiger partial charge in [0.25, 0.3) is 0 Å². The first-order valence-corrected chi connectivity index (χ1v) is 13.1. The zero-order valence-electron chi connectivity index (χ0n) is 18.4. The maximum Gasteiger partial charge on any atom is 0.330 e. The molecular formula is C22H38O4Si. The number of carbonyl (C=O) groups excluding carboxylic acids is 1. The molecular weight excluding hydrogens is 356 g/mol. The molecule has 0 aromatic carbocycles. The molecule has 0 radical (unpaired) electrons. The Morgan fingerprint density at radius 2 is 1.96 bits per heavy atom. The van der Waals surface area contributed by atoms with Crippen LogP contribution in [-0.2, 0) is 18.7 Å². The highest BCUT2D eigenvalue weighted by atomic mass is 28.4. The molecule has 1 fully saturated rings. The van der Waals surface area contributed by atoms with Gasteiger partial charge in [0.1, 0.15) is 6.10 Å². The van der Waals surface area contributed by atoms with E-state index in [0.717, 1.165) is 31.3 Å². The topological polar surface area (TPSA) is 44.8 Å². The minimum atomic E-state index is -1.89. The lowest BCUT2D eigenvalue weighted by atomic mass is 10.00. The van der Waals surface area contributed by atoms with Crippen molar-refractivity contribution in [3.63, 3.8) is 0 Å². The minimum absolute atomic E-state index is 0.00331. The number of rotatable bonds is 6. The Morgan fingerprint density at radius 1 is 1.30 bits per heavy atom. The largest absolute Gasteiger partial charge is 0.459 e. The summed E-state index contributed by atoms with van der Waals surface area (Å²) in [5.41, 5.74) is 2.35. The minimum Gasteiger partial charge on any atom is -0.459 e. The van der Waals surface area contributed by atoms with Crippen molar-refractivity contribution in [3.8, 4) is 0 Å². The van der Waals surface area contributed by atoms with Crippen LogP contribution in [0, 0.1) is 0 Å². The highest BCUT2D eigenvalue weighted by Crippen LogP contribution is 2.39. The van der Waals surface area contributed by atoms with E-state index in [4.69, 9.17) is 13.9 Å². The van der Waals surface area contributed by atoms with Crippen LogP contribution in [0.1, 0.15) is 67.2 Å². The van der Waals surface area contributed by atoms with Crippen LogP contribution in [0.15, 0.2) is 23.3 Å². The Balaban J connectivity index is 2.01. The van der Waals surface area contributed by atoms with E-state index in [1.165, 1.54) is 5.57 Å². The fraction of sp³-hybridized carbons (Fsp3) is 0.773. The molecule has 0 aliphatic carbocycles. The van der Waals surface area contributed by atoms with Gasteiger partial charge in [0, 0.05) is 18.9 Å². The molecule has 0 amide bonds. The first-order chi connectivity index (χ1) is 12.4. The molecule has 0 saturated carbocycles. The van der Waals surface area contributed by atoms with Crippen LogP contribution in [0.25, 0.3) is 0 Å². The molecule has 0 unspecified atom stereocenters. The van der Waals surface area contributed by atoms with E-state index >= 15 is 0 Å². The molecule has 0 spiro atoms. The lowest BCUT2D eigenvalue weighted by Crippen LogP contribution is -2.46. The Labute approximate surface area is 166 Å². The van der Waals surface area contributed by atoms with Gasteiger partial charge >= 0.3 is 5.97 Å². The average Bonchev–Trinajstić information content (AvgIpc) is 2.91. The molecule has 2 aliphatic heterocycles. The molecule has 4 nitrogen and oxygen atoms in total. The van der Waals surface area contributed by atoms with Crippen molar-refractivity contribution in [1.29, 1.82) is 0 Å². The highest BCUT2D eigenvalue weighted by molar-refractivity contribution is 6.74. The summed E-state index contributed by atoms with van der Waals surface area (Å²) >= 11 is 0. The van der Waals surface area contributed by atoms with Gasteiger partial charge in [-0.3, -0.25) is 0 Å². The fourth-order valence-corrected chi connectivity index (χ4v) is 4.75. The van der Waals surface area contributed by atoms with Gasteiger partial charge in [0.2, 0.25) is 0 Å². The predicted octanol–water partition coefficient (Wildman–Crippen LogP) is 5.54. The third kappa shape index (κ3) is 6.30. The summed E-state index contributed by atoms with van der Waals surface area (Å²) < 4.78 is 18.6. The van der Waals surface area contributed by atoms with Crippen LogP contribution >= 0.6 is 0 Å². The van der Waals surface area contributed by atoms with Gasteiger partial charge < -0.3 is 13.9 Å². The molecule has 2 rings (SSSR count).